The van der Waals surface area contributed by atoms with Gasteiger partial charge in [-0.15, -0.1) is 0 Å². The van der Waals surface area contributed by atoms with Crippen LogP contribution in [0.5, 0.6) is 0 Å². The van der Waals surface area contributed by atoms with Crippen LogP contribution in [0.2, 0.25) is 0 Å². The molecule has 0 aliphatic heterocycles. The molecule has 0 unspecified atom stereocenters. The minimum atomic E-state index is 0.777. The fourth-order valence-electron chi connectivity index (χ4n) is 2.41. The van der Waals surface area contributed by atoms with E-state index < -0.39 is 0 Å². The van der Waals surface area contributed by atoms with Gasteiger partial charge in [0.2, 0.25) is 0 Å². The Kier molecular flexibility index (Phi) is 3.73. The quantitative estimate of drug-likeness (QED) is 0.782. The highest BCUT2D eigenvalue weighted by Crippen LogP contribution is 2.16. The molecule has 3 aromatic rings. The molecule has 2 heterocycles. The van der Waals surface area contributed by atoms with Crippen molar-refractivity contribution in [3.63, 3.8) is 0 Å². The lowest BCUT2D eigenvalue weighted by atomic mass is 10.2. The van der Waals surface area contributed by atoms with Crippen LogP contribution in [-0.2, 0) is 20.0 Å². The number of nitrogens with one attached hydrogen (secondary N) is 1. The van der Waals surface area contributed by atoms with Crippen LogP contribution in [0.25, 0.3) is 5.69 Å². The monoisotopic (exact) mass is 281 g/mol. The third-order valence-corrected chi connectivity index (χ3v) is 3.42. The molecule has 5 nitrogen and oxygen atoms in total. The van der Waals surface area contributed by atoms with Crippen LogP contribution in [0.15, 0.2) is 48.9 Å². The van der Waals surface area contributed by atoms with Crippen LogP contribution in [0.3, 0.4) is 0 Å². The van der Waals surface area contributed by atoms with E-state index >= 15 is 0 Å². The average Bonchev–Trinajstić information content (AvgIpc) is 3.14. The van der Waals surface area contributed by atoms with Gasteiger partial charge in [0.25, 0.3) is 0 Å². The number of rotatable bonds is 5. The van der Waals surface area contributed by atoms with Crippen molar-refractivity contribution in [2.45, 2.75) is 19.9 Å². The molecule has 0 aliphatic carbocycles. The lowest BCUT2D eigenvalue weighted by Crippen LogP contribution is -2.02. The second-order valence-corrected chi connectivity index (χ2v) is 4.98. The molecule has 0 saturated carbocycles. The van der Waals surface area contributed by atoms with Gasteiger partial charge < -0.3 is 5.32 Å². The van der Waals surface area contributed by atoms with Crippen molar-refractivity contribution < 1.29 is 0 Å². The van der Waals surface area contributed by atoms with E-state index in [0.717, 1.165) is 30.0 Å². The van der Waals surface area contributed by atoms with Crippen molar-refractivity contribution in [2.75, 3.05) is 5.32 Å². The zero-order valence-electron chi connectivity index (χ0n) is 12.3. The summed E-state index contributed by atoms with van der Waals surface area (Å²) in [6.07, 6.45) is 6.74. The third-order valence-electron chi connectivity index (χ3n) is 3.42. The maximum absolute atomic E-state index is 4.46. The molecule has 2 aromatic heterocycles. The molecular weight excluding hydrogens is 262 g/mol. The van der Waals surface area contributed by atoms with Gasteiger partial charge in [0.15, 0.2) is 0 Å². The van der Waals surface area contributed by atoms with Gasteiger partial charge in [-0.2, -0.15) is 10.2 Å². The number of nitrogens with zero attached hydrogens (tertiary/aromatic N) is 4. The lowest BCUT2D eigenvalue weighted by Gasteiger charge is -2.08. The van der Waals surface area contributed by atoms with E-state index in [0.29, 0.717) is 0 Å². The summed E-state index contributed by atoms with van der Waals surface area (Å²) >= 11 is 0. The minimum absolute atomic E-state index is 0.777. The van der Waals surface area contributed by atoms with Crippen molar-refractivity contribution in [3.8, 4) is 5.69 Å². The third kappa shape index (κ3) is 2.97. The highest BCUT2D eigenvalue weighted by Gasteiger charge is 2.05. The van der Waals surface area contributed by atoms with E-state index in [1.807, 2.05) is 40.8 Å². The fraction of sp³-hybridized carbons (Fsp3) is 0.250. The first-order chi connectivity index (χ1) is 10.3. The molecule has 0 saturated heterocycles. The standard InChI is InChI=1S/C16H19N5/c1-3-16-13(12-20(2)19-16)11-17-14-6-4-7-15(10-14)21-9-5-8-18-21/h4-10,12,17H,3,11H2,1-2H3. The number of hydrogen-bond donors (Lipinski definition) is 1. The molecular formula is C16H19N5. The first kappa shape index (κ1) is 13.4. The summed E-state index contributed by atoms with van der Waals surface area (Å²) < 4.78 is 3.72. The average molecular weight is 281 g/mol. The first-order valence-corrected chi connectivity index (χ1v) is 7.11. The molecule has 1 N–H and O–H groups in total. The van der Waals surface area contributed by atoms with Crippen LogP contribution in [0.1, 0.15) is 18.2 Å². The number of hydrogen-bond acceptors (Lipinski definition) is 3. The van der Waals surface area contributed by atoms with E-state index in [1.165, 1.54) is 5.56 Å². The molecule has 3 rings (SSSR count). The van der Waals surface area contributed by atoms with Gasteiger partial charge in [0.1, 0.15) is 0 Å². The molecule has 0 atom stereocenters. The van der Waals surface area contributed by atoms with E-state index in [-0.39, 0.29) is 0 Å². The van der Waals surface area contributed by atoms with Crippen LogP contribution < -0.4 is 5.32 Å². The fourth-order valence-corrected chi connectivity index (χ4v) is 2.41. The molecule has 0 spiro atoms. The highest BCUT2D eigenvalue weighted by molar-refractivity contribution is 5.51. The second kappa shape index (κ2) is 5.83. The Labute approximate surface area is 124 Å². The van der Waals surface area contributed by atoms with E-state index in [4.69, 9.17) is 0 Å². The summed E-state index contributed by atoms with van der Waals surface area (Å²) in [7, 11) is 1.96. The highest BCUT2D eigenvalue weighted by atomic mass is 15.3. The second-order valence-electron chi connectivity index (χ2n) is 4.98. The molecule has 0 aliphatic rings. The summed E-state index contributed by atoms with van der Waals surface area (Å²) in [6.45, 7) is 2.91. The molecule has 0 radical (unpaired) electrons. The maximum atomic E-state index is 4.46. The summed E-state index contributed by atoms with van der Waals surface area (Å²) in [5.74, 6) is 0. The summed E-state index contributed by atoms with van der Waals surface area (Å²) in [5.41, 5.74) is 4.51. The molecule has 0 bridgehead atoms. The number of aryl methyl sites for hydroxylation is 2. The van der Waals surface area contributed by atoms with Crippen LogP contribution in [0.4, 0.5) is 5.69 Å². The summed E-state index contributed by atoms with van der Waals surface area (Å²) in [6, 6.07) is 10.1. The Morgan fingerprint density at radius 3 is 2.90 bits per heavy atom. The number of benzene rings is 1. The Bertz CT molecular complexity index is 712. The maximum Gasteiger partial charge on any atom is 0.0671 e. The van der Waals surface area contributed by atoms with Crippen molar-refractivity contribution in [2.24, 2.45) is 7.05 Å². The molecule has 1 aromatic carbocycles. The minimum Gasteiger partial charge on any atom is -0.381 e. The van der Waals surface area contributed by atoms with Gasteiger partial charge in [-0.25, -0.2) is 4.68 Å². The SMILES string of the molecule is CCc1nn(C)cc1CNc1cccc(-n2cccn2)c1. The van der Waals surface area contributed by atoms with Gasteiger partial charge in [0.05, 0.1) is 11.4 Å². The van der Waals surface area contributed by atoms with Crippen LogP contribution in [0, 0.1) is 0 Å². The van der Waals surface area contributed by atoms with Gasteiger partial charge in [-0.05, 0) is 30.7 Å². The van der Waals surface area contributed by atoms with Crippen LogP contribution >= 0.6 is 0 Å². The zero-order valence-corrected chi connectivity index (χ0v) is 12.3. The Hall–Kier alpha value is -2.56. The summed E-state index contributed by atoms with van der Waals surface area (Å²) in [5, 5.41) is 12.2. The van der Waals surface area contributed by atoms with Gasteiger partial charge in [0, 0.05) is 43.4 Å². The number of aromatic nitrogens is 4. The van der Waals surface area contributed by atoms with E-state index in [1.54, 1.807) is 6.20 Å². The molecule has 0 fully saturated rings. The normalized spacial score (nSPS) is 10.8. The molecule has 0 amide bonds. The van der Waals surface area contributed by atoms with E-state index in [2.05, 4.69) is 40.8 Å². The molecule has 21 heavy (non-hydrogen) atoms. The predicted molar refractivity (Wildman–Crippen MR) is 83.5 cm³/mol. The zero-order chi connectivity index (χ0) is 14.7. The van der Waals surface area contributed by atoms with Crippen molar-refractivity contribution in [1.29, 1.82) is 0 Å². The van der Waals surface area contributed by atoms with Crippen molar-refractivity contribution in [3.05, 3.63) is 60.2 Å². The smallest absolute Gasteiger partial charge is 0.0671 e. The largest absolute Gasteiger partial charge is 0.381 e. The van der Waals surface area contributed by atoms with Crippen molar-refractivity contribution >= 4 is 5.69 Å². The predicted octanol–water partition coefficient (Wildman–Crippen LogP) is 2.78. The first-order valence-electron chi connectivity index (χ1n) is 7.11. The van der Waals surface area contributed by atoms with E-state index in [9.17, 15) is 0 Å². The van der Waals surface area contributed by atoms with Crippen molar-refractivity contribution in [1.82, 2.24) is 19.6 Å². The topological polar surface area (TPSA) is 47.7 Å². The summed E-state index contributed by atoms with van der Waals surface area (Å²) in [4.78, 5) is 0. The lowest BCUT2D eigenvalue weighted by molar-refractivity contribution is 0.746. The van der Waals surface area contributed by atoms with Gasteiger partial charge in [-0.3, -0.25) is 4.68 Å². The van der Waals surface area contributed by atoms with Gasteiger partial charge in [-0.1, -0.05) is 13.0 Å². The molecule has 5 heteroatoms. The Morgan fingerprint density at radius 1 is 1.24 bits per heavy atom. The van der Waals surface area contributed by atoms with Gasteiger partial charge >= 0.3 is 0 Å². The van der Waals surface area contributed by atoms with Crippen LogP contribution in [-0.4, -0.2) is 19.6 Å². The Morgan fingerprint density at radius 2 is 2.14 bits per heavy atom. The molecule has 108 valence electrons. The Balaban J connectivity index is 1.75. The number of anilines is 1.